The molecule has 0 aliphatic rings. The van der Waals surface area contributed by atoms with Gasteiger partial charge in [-0.25, -0.2) is 19.9 Å². The highest BCUT2D eigenvalue weighted by atomic mass is 16.2. The topological polar surface area (TPSA) is 205 Å². The highest BCUT2D eigenvalue weighted by Crippen LogP contribution is 2.36. The number of nitrogens with one attached hydrogen (secondary N) is 3. The molecule has 0 aliphatic carbocycles. The summed E-state index contributed by atoms with van der Waals surface area (Å²) < 4.78 is 7.14. The number of carbonyl (C=O) groups excluding carboxylic acids is 3. The van der Waals surface area contributed by atoms with Crippen LogP contribution in [0.2, 0.25) is 0 Å². The number of anilines is 1. The van der Waals surface area contributed by atoms with Crippen LogP contribution >= 0.6 is 0 Å². The first-order valence-electron chi connectivity index (χ1n) is 42.0. The van der Waals surface area contributed by atoms with Gasteiger partial charge in [-0.15, -0.1) is 0 Å². The Morgan fingerprint density at radius 3 is 0.946 bits per heavy atom. The van der Waals surface area contributed by atoms with Gasteiger partial charge in [0.2, 0.25) is 17.7 Å². The Bertz CT molecular complexity index is 4990. The Hall–Kier alpha value is -9.83. The van der Waals surface area contributed by atoms with Gasteiger partial charge in [0.15, 0.2) is 5.82 Å². The number of imidazole rings is 3. The van der Waals surface area contributed by atoms with Crippen LogP contribution in [0, 0.1) is 16.7 Å². The summed E-state index contributed by atoms with van der Waals surface area (Å²) in [4.78, 5) is 66.1. The van der Waals surface area contributed by atoms with Crippen molar-refractivity contribution in [2.75, 3.05) is 5.73 Å². The zero-order valence-electron chi connectivity index (χ0n) is 70.4. The Labute approximate surface area is 667 Å². The lowest BCUT2D eigenvalue weighted by Gasteiger charge is -2.18. The molecule has 0 atom stereocenters. The monoisotopic (exact) mass is 1510 g/mol. The summed E-state index contributed by atoms with van der Waals surface area (Å²) in [5.74, 6) is 5.02. The second-order valence-corrected chi connectivity index (χ2v) is 33.6. The van der Waals surface area contributed by atoms with Crippen molar-refractivity contribution in [3.05, 3.63) is 208 Å². The van der Waals surface area contributed by atoms with Crippen LogP contribution < -0.4 is 21.7 Å². The van der Waals surface area contributed by atoms with Crippen molar-refractivity contribution in [3.8, 4) is 0 Å². The van der Waals surface area contributed by atoms with Crippen molar-refractivity contribution in [2.45, 2.75) is 278 Å². The van der Waals surface area contributed by atoms with Crippen LogP contribution in [0.15, 0.2) is 146 Å². The number of carbonyl (C=O) groups is 3. The number of unbranched alkanes of at least 4 members (excludes halogenated alkanes) is 7. The fourth-order valence-electron chi connectivity index (χ4n) is 14.0. The number of nitrogens with zero attached hydrogens (tertiary/aromatic N) is 9. The summed E-state index contributed by atoms with van der Waals surface area (Å²) in [6.45, 7) is 37.0. The average Bonchev–Trinajstić information content (AvgIpc) is 1.60. The van der Waals surface area contributed by atoms with Gasteiger partial charge >= 0.3 is 0 Å². The first-order chi connectivity index (χ1) is 53.9. The number of pyridine rings is 3. The van der Waals surface area contributed by atoms with Gasteiger partial charge in [-0.05, 0) is 120 Å². The number of hydrogen-bond donors (Lipinski definition) is 4. The first-order valence-corrected chi connectivity index (χ1v) is 42.0. The number of nitrogen functional groups attached to an aromatic ring is 1. The number of aromatic nitrogens is 9. The number of hydrogen-bond acceptors (Lipinski definition) is 10. The number of nitrogens with two attached hydrogens (primary N) is 1. The van der Waals surface area contributed by atoms with Crippen molar-refractivity contribution in [1.29, 1.82) is 0 Å². The molecule has 0 fully saturated rings. The number of fused-ring (bicyclic) bond motifs is 9. The third-order valence-corrected chi connectivity index (χ3v) is 19.9. The van der Waals surface area contributed by atoms with Gasteiger partial charge < -0.3 is 35.4 Å². The van der Waals surface area contributed by atoms with Gasteiger partial charge in [-0.3, -0.25) is 24.4 Å². The molecule has 0 radical (unpaired) electrons. The summed E-state index contributed by atoms with van der Waals surface area (Å²) in [6, 6.07) is 50.8. The molecule has 0 unspecified atom stereocenters. The molecule has 6 aromatic carbocycles. The Morgan fingerprint density at radius 1 is 0.357 bits per heavy atom. The number of benzene rings is 6. The Morgan fingerprint density at radius 2 is 0.634 bits per heavy atom. The molecule has 6 aromatic heterocycles. The van der Waals surface area contributed by atoms with Gasteiger partial charge in [0.1, 0.15) is 34.0 Å². The van der Waals surface area contributed by atoms with Crippen molar-refractivity contribution < 1.29 is 14.4 Å². The van der Waals surface area contributed by atoms with E-state index in [1.165, 1.54) is 27.7 Å². The van der Waals surface area contributed by atoms with Crippen LogP contribution in [0.4, 0.5) is 5.82 Å². The normalized spacial score (nSPS) is 11.6. The molecule has 3 amide bonds. The minimum atomic E-state index is 0.115. The molecule has 16 nitrogen and oxygen atoms in total. The number of rotatable bonds is 33. The van der Waals surface area contributed by atoms with E-state index in [0.29, 0.717) is 51.3 Å². The van der Waals surface area contributed by atoms with Gasteiger partial charge in [0.05, 0.1) is 44.5 Å². The second kappa shape index (κ2) is 42.2. The van der Waals surface area contributed by atoms with Crippen LogP contribution in [0.3, 0.4) is 0 Å². The first kappa shape index (κ1) is 86.2. The fourth-order valence-corrected chi connectivity index (χ4v) is 14.0. The maximum atomic E-state index is 12.1. The third-order valence-electron chi connectivity index (χ3n) is 19.9. The Balaban J connectivity index is 0.000000189. The molecule has 6 heterocycles. The molecule has 0 aliphatic heterocycles. The molecule has 0 saturated heterocycles. The molecule has 12 aromatic rings. The van der Waals surface area contributed by atoms with Crippen LogP contribution in [0.5, 0.6) is 0 Å². The van der Waals surface area contributed by atoms with Gasteiger partial charge in [-0.1, -0.05) is 276 Å². The zero-order valence-corrected chi connectivity index (χ0v) is 70.4. The quantitative estimate of drug-likeness (QED) is 0.0286. The highest BCUT2D eigenvalue weighted by Gasteiger charge is 2.25. The summed E-state index contributed by atoms with van der Waals surface area (Å²) in [6.07, 6.45) is 20.2. The van der Waals surface area contributed by atoms with Crippen molar-refractivity contribution in [2.24, 2.45) is 16.7 Å². The predicted octanol–water partition coefficient (Wildman–Crippen LogP) is 22.2. The highest BCUT2D eigenvalue weighted by molar-refractivity contribution is 6.07. The number of aryl methyl sites for hydroxylation is 3. The van der Waals surface area contributed by atoms with E-state index in [0.717, 1.165) is 235 Å². The molecule has 12 rings (SSSR count). The van der Waals surface area contributed by atoms with Crippen molar-refractivity contribution in [3.63, 3.8) is 0 Å². The standard InChI is InChI=1S/C33H44N4O.C32H42N4O.C27H33N5O.C4H10/c1-6-8-10-16-30(38)34-22-24-17-19-25(20-18-24)23-37-29(15-9-7-2)36-31-28(21-33(3,4)5)35-27-14-12-11-13-26(27)32(31)37;1-6-8-14-28-35-30-27(20-32(3,4)5)34-26-13-11-10-12-25(26)31(30)36(28)22-24-18-16-23(17-19-24)21-33-29(37)15-9-7-2;1-3-5-11-23-31-25-26(21-9-7-8-10-22(21)30-27(25)28)32(23)18-20-15-13-19(14-16-20)17-29-24(33)12-6-4-2;1-4(2)3/h11-14,17-20H,6-10,15-16,21-23H2,1-5H3,(H,34,38);10-13,16-19H,6-9,14-15,20-22H2,1-5H3,(H,33,37);7-10,13-16H,3-6,11-12,17-18H2,1-2H3,(H2,28,30)(H,29,33);4H,1-3H3. The maximum absolute atomic E-state index is 12.1. The molecule has 0 saturated carbocycles. The molecule has 0 bridgehead atoms. The van der Waals surface area contributed by atoms with Gasteiger partial charge in [0.25, 0.3) is 0 Å². The van der Waals surface area contributed by atoms with E-state index < -0.39 is 0 Å². The Kier molecular flexibility index (Phi) is 32.4. The minimum absolute atomic E-state index is 0.115. The summed E-state index contributed by atoms with van der Waals surface area (Å²) in [5.41, 5.74) is 25.0. The smallest absolute Gasteiger partial charge is 0.220 e. The van der Waals surface area contributed by atoms with E-state index in [-0.39, 0.29) is 28.6 Å². The summed E-state index contributed by atoms with van der Waals surface area (Å²) >= 11 is 0. The van der Waals surface area contributed by atoms with Crippen LogP contribution in [0.25, 0.3) is 65.8 Å². The van der Waals surface area contributed by atoms with E-state index in [1.807, 2.05) is 18.2 Å². The SMILES string of the molecule is CC(C)C.CCCCC(=O)NCc1ccc(Cn2c(CCCC)nc3c(CC(C)(C)C)nc4ccccc4c32)cc1.CCCCC(=O)NCc1ccc(Cn2c(CCCC)nc3c(N)nc4ccccc4c32)cc1.CCCCCC(=O)NCc1ccc(Cn2c(CCCC)nc3c(CC(C)(C)C)nc4ccccc4c32)cc1. The van der Waals surface area contributed by atoms with E-state index in [1.54, 1.807) is 0 Å². The van der Waals surface area contributed by atoms with E-state index in [4.69, 9.17) is 30.7 Å². The molecular weight excluding hydrogens is 1380 g/mol. The van der Waals surface area contributed by atoms with E-state index in [2.05, 4.69) is 266 Å². The third kappa shape index (κ3) is 24.8. The van der Waals surface area contributed by atoms with Gasteiger partial charge in [0, 0.05) is 94.0 Å². The fraction of sp³-hybridized carbons (Fsp3) is 0.469. The lowest BCUT2D eigenvalue weighted by atomic mass is 9.89. The van der Waals surface area contributed by atoms with Crippen molar-refractivity contribution >= 4 is 89.3 Å². The lowest BCUT2D eigenvalue weighted by Crippen LogP contribution is -2.22. The van der Waals surface area contributed by atoms with Gasteiger partial charge in [-0.2, -0.15) is 0 Å². The lowest BCUT2D eigenvalue weighted by molar-refractivity contribution is -0.122. The second-order valence-electron chi connectivity index (χ2n) is 33.6. The zero-order chi connectivity index (χ0) is 80.3. The molecule has 596 valence electrons. The predicted molar refractivity (Wildman–Crippen MR) is 468 cm³/mol. The van der Waals surface area contributed by atoms with Crippen LogP contribution in [0.1, 0.15) is 269 Å². The van der Waals surface area contributed by atoms with Crippen molar-refractivity contribution in [1.82, 2.24) is 59.6 Å². The number of amides is 3. The molecule has 16 heteroatoms. The minimum Gasteiger partial charge on any atom is -0.382 e. The average molecular weight is 1510 g/mol. The largest absolute Gasteiger partial charge is 0.382 e. The van der Waals surface area contributed by atoms with E-state index in [9.17, 15) is 14.4 Å². The van der Waals surface area contributed by atoms with Crippen LogP contribution in [-0.4, -0.2) is 61.3 Å². The van der Waals surface area contributed by atoms with E-state index >= 15 is 0 Å². The molecule has 112 heavy (non-hydrogen) atoms. The van der Waals surface area contributed by atoms with Crippen LogP contribution in [-0.2, 0) is 85.8 Å². The molecule has 0 spiro atoms. The molecule has 5 N–H and O–H groups in total. The summed E-state index contributed by atoms with van der Waals surface area (Å²) in [5, 5.41) is 12.5. The molecular formula is C96H129N13O3. The summed E-state index contributed by atoms with van der Waals surface area (Å²) in [7, 11) is 0. The number of para-hydroxylation sites is 3. The maximum Gasteiger partial charge on any atom is 0.220 e.